The summed E-state index contributed by atoms with van der Waals surface area (Å²) in [7, 11) is -4.37. The van der Waals surface area contributed by atoms with Gasteiger partial charge in [-0.2, -0.15) is 0 Å². The highest BCUT2D eigenvalue weighted by Gasteiger charge is 2.53. The van der Waals surface area contributed by atoms with E-state index in [1.54, 1.807) is 13.0 Å². The van der Waals surface area contributed by atoms with Crippen molar-refractivity contribution >= 4 is 38.9 Å². The topological polar surface area (TPSA) is 115 Å². The Labute approximate surface area is 177 Å². The molecule has 1 aliphatic heterocycles. The Morgan fingerprint density at radius 3 is 2.57 bits per heavy atom. The maximum atomic E-state index is 14.6. The molecule has 1 amide bonds. The van der Waals surface area contributed by atoms with Gasteiger partial charge in [0.05, 0.1) is 10.8 Å². The van der Waals surface area contributed by atoms with Gasteiger partial charge in [-0.1, -0.05) is 11.6 Å². The van der Waals surface area contributed by atoms with Crippen LogP contribution in [0.25, 0.3) is 0 Å². The predicted molar refractivity (Wildman–Crippen MR) is 111 cm³/mol. The number of alkyl halides is 1. The number of aliphatic imine (C=N–C) groups is 1. The quantitative estimate of drug-likeness (QED) is 0.736. The number of aryl methyl sites for hydroxylation is 1. The summed E-state index contributed by atoms with van der Waals surface area (Å²) >= 11 is 5.84. The number of hydrogen-bond acceptors (Lipinski definition) is 6. The number of nitrogens with two attached hydrogens (primary N) is 1. The zero-order chi connectivity index (χ0) is 22.5. The highest BCUT2D eigenvalue weighted by molar-refractivity contribution is 7.93. The van der Waals surface area contributed by atoms with Crippen molar-refractivity contribution in [1.82, 2.24) is 4.98 Å². The van der Waals surface area contributed by atoms with E-state index in [0.29, 0.717) is 10.6 Å². The molecule has 0 saturated carbocycles. The molecule has 1 aromatic heterocycles. The molecule has 11 heteroatoms. The summed E-state index contributed by atoms with van der Waals surface area (Å²) in [5.41, 5.74) is 4.56. The van der Waals surface area contributed by atoms with Crippen LogP contribution in [-0.4, -0.2) is 35.9 Å². The number of carbonyl (C=O) groups excluding carboxylic acids is 1. The van der Waals surface area contributed by atoms with Gasteiger partial charge in [0.15, 0.2) is 9.84 Å². The number of nitrogens with one attached hydrogen (secondary N) is 1. The van der Waals surface area contributed by atoms with E-state index in [-0.39, 0.29) is 16.9 Å². The van der Waals surface area contributed by atoms with Gasteiger partial charge in [0, 0.05) is 17.4 Å². The number of amides is 1. The minimum absolute atomic E-state index is 0.118. The van der Waals surface area contributed by atoms with E-state index in [2.05, 4.69) is 15.3 Å². The van der Waals surface area contributed by atoms with Crippen LogP contribution in [0.3, 0.4) is 0 Å². The van der Waals surface area contributed by atoms with Gasteiger partial charge in [0.1, 0.15) is 22.9 Å². The molecule has 0 unspecified atom stereocenters. The molecular formula is C19H19ClF2N4O3S. The molecule has 7 nitrogen and oxygen atoms in total. The summed E-state index contributed by atoms with van der Waals surface area (Å²) in [5, 5.41) is 0.106. The summed E-state index contributed by atoms with van der Waals surface area (Å²) in [4.78, 5) is 20.5. The summed E-state index contributed by atoms with van der Waals surface area (Å²) in [6, 6.07) is 5.17. The van der Waals surface area contributed by atoms with Crippen molar-refractivity contribution in [1.29, 1.82) is 0 Å². The van der Waals surface area contributed by atoms with Crippen molar-refractivity contribution in [2.75, 3.05) is 11.1 Å². The van der Waals surface area contributed by atoms with Gasteiger partial charge in [0.25, 0.3) is 10.9 Å². The molecule has 3 rings (SSSR count). The van der Waals surface area contributed by atoms with Crippen LogP contribution < -0.4 is 11.1 Å². The first kappa shape index (κ1) is 22.1. The molecule has 1 aromatic carbocycles. The molecule has 160 valence electrons. The van der Waals surface area contributed by atoms with Crippen LogP contribution in [0.1, 0.15) is 35.5 Å². The van der Waals surface area contributed by atoms with Crippen molar-refractivity contribution in [2.45, 2.75) is 31.3 Å². The normalized spacial score (nSPS) is 25.5. The fourth-order valence-electron chi connectivity index (χ4n) is 3.19. The van der Waals surface area contributed by atoms with Crippen LogP contribution in [-0.2, 0) is 15.4 Å². The maximum absolute atomic E-state index is 14.6. The zero-order valence-corrected chi connectivity index (χ0v) is 17.9. The fraction of sp³-hybridized carbons (Fsp3) is 0.316. The molecule has 0 saturated heterocycles. The van der Waals surface area contributed by atoms with Gasteiger partial charge in [-0.25, -0.2) is 22.2 Å². The largest absolute Gasteiger partial charge is 0.384 e. The van der Waals surface area contributed by atoms with Crippen LogP contribution in [0.4, 0.5) is 14.5 Å². The monoisotopic (exact) mass is 456 g/mol. The first-order valence-electron chi connectivity index (χ1n) is 8.77. The minimum Gasteiger partial charge on any atom is -0.384 e. The lowest BCUT2D eigenvalue weighted by Gasteiger charge is -2.35. The lowest BCUT2D eigenvalue weighted by Crippen LogP contribution is -2.54. The number of sulfone groups is 1. The molecule has 2 aromatic rings. The second-order valence-corrected chi connectivity index (χ2v) is 10.1. The van der Waals surface area contributed by atoms with Gasteiger partial charge in [-0.05, 0) is 50.6 Å². The third kappa shape index (κ3) is 3.77. The molecule has 0 spiro atoms. The summed E-state index contributed by atoms with van der Waals surface area (Å²) in [6.07, 6.45) is 1.32. The Kier molecular flexibility index (Phi) is 5.36. The molecule has 3 N–H and O–H groups in total. The van der Waals surface area contributed by atoms with Gasteiger partial charge >= 0.3 is 0 Å². The van der Waals surface area contributed by atoms with E-state index >= 15 is 0 Å². The molecule has 30 heavy (non-hydrogen) atoms. The highest BCUT2D eigenvalue weighted by atomic mass is 35.5. The number of nitrogens with zero attached hydrogens (tertiary/aromatic N) is 2. The molecule has 2 atom stereocenters. The first-order chi connectivity index (χ1) is 13.8. The molecule has 0 fully saturated rings. The van der Waals surface area contributed by atoms with Crippen molar-refractivity contribution in [2.24, 2.45) is 10.7 Å². The average molecular weight is 457 g/mol. The zero-order valence-electron chi connectivity index (χ0n) is 16.3. The number of halogens is 3. The third-order valence-corrected chi connectivity index (χ3v) is 7.47. The number of aromatic nitrogens is 1. The van der Waals surface area contributed by atoms with E-state index < -0.39 is 43.7 Å². The number of carbonyl (C=O) groups is 1. The molecule has 1 aliphatic rings. The number of rotatable bonds is 3. The number of pyridine rings is 1. The van der Waals surface area contributed by atoms with E-state index in [4.69, 9.17) is 17.3 Å². The molecule has 2 heterocycles. The number of amidine groups is 1. The molecular weight excluding hydrogens is 438 g/mol. The number of benzene rings is 1. The van der Waals surface area contributed by atoms with Gasteiger partial charge in [0.2, 0.25) is 0 Å². The number of hydrogen-bond donors (Lipinski definition) is 2. The molecule has 0 radical (unpaired) electrons. The minimum atomic E-state index is -4.37. The molecule has 0 aliphatic carbocycles. The van der Waals surface area contributed by atoms with Gasteiger partial charge in [-0.15, -0.1) is 0 Å². The predicted octanol–water partition coefficient (Wildman–Crippen LogP) is 3.12. The van der Waals surface area contributed by atoms with Gasteiger partial charge < -0.3 is 11.1 Å². The van der Waals surface area contributed by atoms with Crippen LogP contribution in [0.15, 0.2) is 35.5 Å². The Morgan fingerprint density at radius 2 is 1.97 bits per heavy atom. The maximum Gasteiger partial charge on any atom is 0.274 e. The van der Waals surface area contributed by atoms with Crippen molar-refractivity contribution in [3.05, 3.63) is 58.1 Å². The smallest absolute Gasteiger partial charge is 0.274 e. The van der Waals surface area contributed by atoms with Gasteiger partial charge in [-0.3, -0.25) is 9.79 Å². The summed E-state index contributed by atoms with van der Waals surface area (Å²) in [5.74, 6) is -2.89. The summed E-state index contributed by atoms with van der Waals surface area (Å²) in [6.45, 7) is 3.79. The SMILES string of the molecule is Cc1cc(Cl)cnc1C(=O)Nc1ccc(F)c([C@]2(C)CS(=O)(=O)[C@@](C)(F)C(N)=N2)c1. The average Bonchev–Trinajstić information content (AvgIpc) is 2.61. The number of anilines is 1. The second kappa shape index (κ2) is 7.28. The van der Waals surface area contributed by atoms with E-state index in [0.717, 1.165) is 13.0 Å². The Hall–Kier alpha value is -2.59. The van der Waals surface area contributed by atoms with Crippen LogP contribution in [0.2, 0.25) is 5.02 Å². The lowest BCUT2D eigenvalue weighted by molar-refractivity contribution is 0.102. The van der Waals surface area contributed by atoms with E-state index in [1.165, 1.54) is 25.3 Å². The second-order valence-electron chi connectivity index (χ2n) is 7.41. The Morgan fingerprint density at radius 1 is 1.30 bits per heavy atom. The Balaban J connectivity index is 2.00. The first-order valence-corrected chi connectivity index (χ1v) is 10.8. The van der Waals surface area contributed by atoms with Crippen molar-refractivity contribution in [3.63, 3.8) is 0 Å². The van der Waals surface area contributed by atoms with E-state index in [9.17, 15) is 22.0 Å². The third-order valence-electron chi connectivity index (χ3n) is 4.94. The van der Waals surface area contributed by atoms with Crippen LogP contribution in [0.5, 0.6) is 0 Å². The van der Waals surface area contributed by atoms with Crippen molar-refractivity contribution < 1.29 is 22.0 Å². The van der Waals surface area contributed by atoms with Crippen LogP contribution >= 0.6 is 11.6 Å². The van der Waals surface area contributed by atoms with Crippen LogP contribution in [0, 0.1) is 12.7 Å². The molecule has 0 bridgehead atoms. The van der Waals surface area contributed by atoms with Crippen molar-refractivity contribution in [3.8, 4) is 0 Å². The van der Waals surface area contributed by atoms with E-state index in [1.807, 2.05) is 0 Å². The highest BCUT2D eigenvalue weighted by Crippen LogP contribution is 2.39. The fourth-order valence-corrected chi connectivity index (χ4v) is 4.99. The Bertz CT molecular complexity index is 1180. The summed E-state index contributed by atoms with van der Waals surface area (Å²) < 4.78 is 53.9. The lowest BCUT2D eigenvalue weighted by atomic mass is 9.93. The standard InChI is InChI=1S/C19H19ClF2N4O3S/c1-10-6-11(20)8-24-15(10)16(27)25-12-4-5-14(21)13(7-12)18(2)9-30(28,29)19(3,22)17(23)26-18/h4-8H,9H2,1-3H3,(H2,23,26)(H,25,27)/t18-,19+/m0/s1.